The minimum Gasteiger partial charge on any atom is -0.455 e. The molecule has 0 N–H and O–H groups in total. The van der Waals surface area contributed by atoms with E-state index in [0.717, 1.165) is 9.86 Å². The van der Waals surface area contributed by atoms with Gasteiger partial charge in [0.25, 0.3) is 0 Å². The van der Waals surface area contributed by atoms with Crippen molar-refractivity contribution in [3.63, 3.8) is 0 Å². The molecule has 0 heterocycles. The molecule has 0 saturated carbocycles. The highest BCUT2D eigenvalue weighted by Crippen LogP contribution is 2.30. The summed E-state index contributed by atoms with van der Waals surface area (Å²) in [5, 5.41) is 0.538. The quantitative estimate of drug-likeness (QED) is 0.594. The highest BCUT2D eigenvalue weighted by atomic mass is 127. The summed E-state index contributed by atoms with van der Waals surface area (Å²) in [5.41, 5.74) is 0.481. The highest BCUT2D eigenvalue weighted by molar-refractivity contribution is 14.1. The first-order valence-electron chi connectivity index (χ1n) is 4.88. The molecule has 0 aliphatic heterocycles. The molecule has 0 saturated heterocycles. The number of rotatable bonds is 3. The van der Waals surface area contributed by atoms with E-state index < -0.39 is 0 Å². The first kappa shape index (κ1) is 12.4. The van der Waals surface area contributed by atoms with E-state index in [9.17, 15) is 4.79 Å². The van der Waals surface area contributed by atoms with Crippen LogP contribution in [0.25, 0.3) is 0 Å². The number of halogens is 2. The summed E-state index contributed by atoms with van der Waals surface area (Å²) in [6.45, 7) is 0. The molecule has 17 heavy (non-hydrogen) atoms. The maximum absolute atomic E-state index is 10.9. The van der Waals surface area contributed by atoms with Gasteiger partial charge >= 0.3 is 0 Å². The molecule has 2 nitrogen and oxygen atoms in total. The topological polar surface area (TPSA) is 26.3 Å². The van der Waals surface area contributed by atoms with Gasteiger partial charge in [-0.25, -0.2) is 0 Å². The lowest BCUT2D eigenvalue weighted by Crippen LogP contribution is -1.91. The summed E-state index contributed by atoms with van der Waals surface area (Å²) in [6, 6.07) is 12.5. The van der Waals surface area contributed by atoms with Gasteiger partial charge < -0.3 is 4.74 Å². The van der Waals surface area contributed by atoms with E-state index >= 15 is 0 Å². The summed E-state index contributed by atoms with van der Waals surface area (Å²) in [7, 11) is 0. The molecule has 0 aliphatic rings. The first-order valence-corrected chi connectivity index (χ1v) is 6.33. The van der Waals surface area contributed by atoms with Crippen LogP contribution in [-0.4, -0.2) is 6.29 Å². The molecule has 0 atom stereocenters. The third-order valence-electron chi connectivity index (χ3n) is 2.16. The normalized spacial score (nSPS) is 10.0. The second-order valence-corrected chi connectivity index (χ2v) is 4.93. The Morgan fingerprint density at radius 1 is 1.12 bits per heavy atom. The second-order valence-electron chi connectivity index (χ2n) is 3.33. The van der Waals surface area contributed by atoms with Crippen molar-refractivity contribution in [1.82, 2.24) is 0 Å². The largest absolute Gasteiger partial charge is 0.455 e. The molecule has 86 valence electrons. The Kier molecular flexibility index (Phi) is 4.02. The maximum atomic E-state index is 10.9. The monoisotopic (exact) mass is 358 g/mol. The number of aldehydes is 1. The zero-order valence-corrected chi connectivity index (χ0v) is 11.6. The van der Waals surface area contributed by atoms with Crippen molar-refractivity contribution in [3.05, 3.63) is 56.6 Å². The summed E-state index contributed by atoms with van der Waals surface area (Å²) < 4.78 is 6.66. The van der Waals surface area contributed by atoms with Gasteiger partial charge in [0, 0.05) is 11.1 Å². The van der Waals surface area contributed by atoms with Crippen LogP contribution >= 0.6 is 34.2 Å². The van der Waals surface area contributed by atoms with Gasteiger partial charge in [-0.2, -0.15) is 0 Å². The molecule has 2 aromatic carbocycles. The van der Waals surface area contributed by atoms with Crippen molar-refractivity contribution >= 4 is 40.5 Å². The van der Waals surface area contributed by atoms with Crippen molar-refractivity contribution in [2.75, 3.05) is 0 Å². The van der Waals surface area contributed by atoms with Crippen molar-refractivity contribution in [1.29, 1.82) is 0 Å². The average Bonchev–Trinajstić information content (AvgIpc) is 2.32. The molecule has 0 radical (unpaired) electrons. The number of hydrogen-bond acceptors (Lipinski definition) is 2. The van der Waals surface area contributed by atoms with Gasteiger partial charge in [0.15, 0.2) is 6.29 Å². The Morgan fingerprint density at radius 3 is 2.59 bits per heavy atom. The van der Waals surface area contributed by atoms with E-state index in [1.54, 1.807) is 18.2 Å². The number of carbonyl (C=O) groups is 1. The molecule has 0 aromatic heterocycles. The van der Waals surface area contributed by atoms with E-state index in [0.29, 0.717) is 22.1 Å². The summed E-state index contributed by atoms with van der Waals surface area (Å²) in [6.07, 6.45) is 0.751. The Morgan fingerprint density at radius 2 is 1.88 bits per heavy atom. The van der Waals surface area contributed by atoms with Crippen molar-refractivity contribution in [3.8, 4) is 11.5 Å². The Hall–Kier alpha value is -1.07. The third kappa shape index (κ3) is 2.98. The van der Waals surface area contributed by atoms with E-state index in [-0.39, 0.29) is 0 Å². The standard InChI is InChI=1S/C13H8ClIO2/c14-10-6-5-9(8-16)13(7-10)17-12-4-2-1-3-11(12)15/h1-8H. The lowest BCUT2D eigenvalue weighted by Gasteiger charge is -2.09. The van der Waals surface area contributed by atoms with Crippen LogP contribution in [0.3, 0.4) is 0 Å². The molecule has 0 unspecified atom stereocenters. The Labute approximate surface area is 118 Å². The first-order chi connectivity index (χ1) is 8.20. The fourth-order valence-electron chi connectivity index (χ4n) is 1.34. The van der Waals surface area contributed by atoms with Crippen molar-refractivity contribution < 1.29 is 9.53 Å². The number of carbonyl (C=O) groups excluding carboxylic acids is 1. The molecule has 0 fully saturated rings. The Balaban J connectivity index is 2.39. The molecular formula is C13H8ClIO2. The maximum Gasteiger partial charge on any atom is 0.153 e. The van der Waals surface area contributed by atoms with Gasteiger partial charge in [-0.1, -0.05) is 23.7 Å². The van der Waals surface area contributed by atoms with Gasteiger partial charge in [0.2, 0.25) is 0 Å². The molecule has 2 aromatic rings. The predicted molar refractivity (Wildman–Crippen MR) is 76.1 cm³/mol. The van der Waals surface area contributed by atoms with Crippen LogP contribution < -0.4 is 4.74 Å². The summed E-state index contributed by atoms with van der Waals surface area (Å²) in [5.74, 6) is 1.18. The van der Waals surface area contributed by atoms with Crippen LogP contribution in [0.1, 0.15) is 10.4 Å². The van der Waals surface area contributed by atoms with Gasteiger partial charge in [0.1, 0.15) is 11.5 Å². The van der Waals surface area contributed by atoms with Crippen LogP contribution in [-0.2, 0) is 0 Å². The van der Waals surface area contributed by atoms with E-state index in [1.807, 2.05) is 24.3 Å². The number of para-hydroxylation sites is 1. The Bertz CT molecular complexity index is 555. The molecule has 0 aliphatic carbocycles. The van der Waals surface area contributed by atoms with E-state index in [4.69, 9.17) is 16.3 Å². The zero-order valence-electron chi connectivity index (χ0n) is 8.69. The SMILES string of the molecule is O=Cc1ccc(Cl)cc1Oc1ccccc1I. The molecule has 0 amide bonds. The van der Waals surface area contributed by atoms with Crippen LogP contribution in [0.4, 0.5) is 0 Å². The molecule has 0 bridgehead atoms. The lowest BCUT2D eigenvalue weighted by atomic mass is 10.2. The molecular weight excluding hydrogens is 350 g/mol. The van der Waals surface area contributed by atoms with Gasteiger partial charge in [-0.15, -0.1) is 0 Å². The summed E-state index contributed by atoms with van der Waals surface area (Å²) in [4.78, 5) is 10.9. The van der Waals surface area contributed by atoms with Gasteiger partial charge in [0.05, 0.1) is 9.13 Å². The number of benzene rings is 2. The number of hydrogen-bond donors (Lipinski definition) is 0. The molecule has 4 heteroatoms. The predicted octanol–water partition coefficient (Wildman–Crippen LogP) is 4.55. The van der Waals surface area contributed by atoms with Crippen LogP contribution in [0.5, 0.6) is 11.5 Å². The number of ether oxygens (including phenoxy) is 1. The van der Waals surface area contributed by atoms with Gasteiger partial charge in [-0.3, -0.25) is 4.79 Å². The minimum atomic E-state index is 0.469. The van der Waals surface area contributed by atoms with Crippen LogP contribution in [0.2, 0.25) is 5.02 Å². The van der Waals surface area contributed by atoms with Gasteiger partial charge in [-0.05, 0) is 46.9 Å². The average molecular weight is 359 g/mol. The summed E-state index contributed by atoms with van der Waals surface area (Å²) >= 11 is 8.06. The smallest absolute Gasteiger partial charge is 0.153 e. The fourth-order valence-corrected chi connectivity index (χ4v) is 2.00. The van der Waals surface area contributed by atoms with Crippen molar-refractivity contribution in [2.24, 2.45) is 0 Å². The third-order valence-corrected chi connectivity index (χ3v) is 3.29. The fraction of sp³-hybridized carbons (Fsp3) is 0. The highest BCUT2D eigenvalue weighted by Gasteiger charge is 2.07. The van der Waals surface area contributed by atoms with E-state index in [1.165, 1.54) is 0 Å². The zero-order chi connectivity index (χ0) is 12.3. The van der Waals surface area contributed by atoms with Crippen LogP contribution in [0, 0.1) is 3.57 Å². The molecule has 2 rings (SSSR count). The van der Waals surface area contributed by atoms with Crippen LogP contribution in [0.15, 0.2) is 42.5 Å². The van der Waals surface area contributed by atoms with E-state index in [2.05, 4.69) is 22.6 Å². The lowest BCUT2D eigenvalue weighted by molar-refractivity contribution is 0.112. The molecule has 0 spiro atoms. The second kappa shape index (κ2) is 5.51. The van der Waals surface area contributed by atoms with Crippen molar-refractivity contribution in [2.45, 2.75) is 0 Å². The minimum absolute atomic E-state index is 0.469.